The van der Waals surface area contributed by atoms with Crippen LogP contribution in [0.1, 0.15) is 18.7 Å². The topological polar surface area (TPSA) is 89.2 Å². The molecule has 1 saturated heterocycles. The summed E-state index contributed by atoms with van der Waals surface area (Å²) in [6.07, 6.45) is 2.52. The molecule has 1 unspecified atom stereocenters. The van der Waals surface area contributed by atoms with Gasteiger partial charge in [-0.1, -0.05) is 6.92 Å². The molecule has 1 N–H and O–H groups in total. The summed E-state index contributed by atoms with van der Waals surface area (Å²) >= 11 is 0. The molecule has 1 aliphatic rings. The third-order valence-electron chi connectivity index (χ3n) is 3.48. The summed E-state index contributed by atoms with van der Waals surface area (Å²) in [5.41, 5.74) is 0. The van der Waals surface area contributed by atoms with Gasteiger partial charge in [-0.2, -0.15) is 5.10 Å². The SMILES string of the molecule is CCc1nnc(CN2CCOC(CNc3cccnn3)C2)o1. The number of nitrogens with zero attached hydrogens (tertiary/aromatic N) is 5. The molecule has 22 heavy (non-hydrogen) atoms. The normalized spacial score (nSPS) is 19.2. The summed E-state index contributed by atoms with van der Waals surface area (Å²) < 4.78 is 11.3. The van der Waals surface area contributed by atoms with Crippen molar-refractivity contribution in [2.24, 2.45) is 0 Å². The molecule has 1 fully saturated rings. The second-order valence-corrected chi connectivity index (χ2v) is 5.16. The molecule has 8 nitrogen and oxygen atoms in total. The maximum atomic E-state index is 5.78. The molecule has 3 heterocycles. The van der Waals surface area contributed by atoms with Crippen molar-refractivity contribution in [2.45, 2.75) is 26.0 Å². The molecule has 0 bridgehead atoms. The molecule has 2 aromatic rings. The molecule has 1 aliphatic heterocycles. The van der Waals surface area contributed by atoms with Gasteiger partial charge in [-0.05, 0) is 12.1 Å². The minimum absolute atomic E-state index is 0.101. The average molecular weight is 304 g/mol. The highest BCUT2D eigenvalue weighted by atomic mass is 16.5. The van der Waals surface area contributed by atoms with E-state index in [1.165, 1.54) is 0 Å². The maximum absolute atomic E-state index is 5.78. The third-order valence-corrected chi connectivity index (χ3v) is 3.48. The second kappa shape index (κ2) is 7.28. The van der Waals surface area contributed by atoms with Crippen molar-refractivity contribution in [1.82, 2.24) is 25.3 Å². The smallest absolute Gasteiger partial charge is 0.230 e. The Morgan fingerprint density at radius 3 is 3.00 bits per heavy atom. The summed E-state index contributed by atoms with van der Waals surface area (Å²) in [6.45, 7) is 5.74. The van der Waals surface area contributed by atoms with Crippen LogP contribution in [0.3, 0.4) is 0 Å². The van der Waals surface area contributed by atoms with Gasteiger partial charge in [0.1, 0.15) is 5.82 Å². The molecule has 2 aromatic heterocycles. The molecule has 118 valence electrons. The van der Waals surface area contributed by atoms with E-state index in [0.29, 0.717) is 31.5 Å². The standard InChI is InChI=1S/C14H20N6O2/c1-2-13-18-19-14(22-13)10-20-6-7-21-11(9-20)8-15-12-4-3-5-16-17-12/h3-5,11H,2,6-10H2,1H3,(H,15,17). The second-order valence-electron chi connectivity index (χ2n) is 5.16. The zero-order chi connectivity index (χ0) is 15.2. The Balaban J connectivity index is 1.48. The Morgan fingerprint density at radius 2 is 2.23 bits per heavy atom. The van der Waals surface area contributed by atoms with Crippen molar-refractivity contribution in [3.05, 3.63) is 30.1 Å². The molecule has 0 amide bonds. The number of nitrogens with one attached hydrogen (secondary N) is 1. The van der Waals surface area contributed by atoms with Crippen LogP contribution >= 0.6 is 0 Å². The predicted molar refractivity (Wildman–Crippen MR) is 79.2 cm³/mol. The first-order chi connectivity index (χ1) is 10.8. The monoisotopic (exact) mass is 304 g/mol. The Morgan fingerprint density at radius 1 is 1.32 bits per heavy atom. The summed E-state index contributed by atoms with van der Waals surface area (Å²) in [6, 6.07) is 3.74. The number of ether oxygens (including phenoxy) is 1. The van der Waals surface area contributed by atoms with Gasteiger partial charge in [0, 0.05) is 32.3 Å². The Bertz CT molecular complexity index is 576. The Labute approximate surface area is 128 Å². The van der Waals surface area contributed by atoms with Crippen LogP contribution in [-0.2, 0) is 17.7 Å². The first-order valence-corrected chi connectivity index (χ1v) is 7.50. The van der Waals surface area contributed by atoms with E-state index >= 15 is 0 Å². The summed E-state index contributed by atoms with van der Waals surface area (Å²) in [4.78, 5) is 2.26. The predicted octanol–water partition coefficient (Wildman–Crippen LogP) is 0.735. The average Bonchev–Trinajstić information content (AvgIpc) is 3.02. The van der Waals surface area contributed by atoms with E-state index in [0.717, 1.165) is 25.3 Å². The van der Waals surface area contributed by atoms with Crippen molar-refractivity contribution in [3.63, 3.8) is 0 Å². The molecule has 8 heteroatoms. The van der Waals surface area contributed by atoms with E-state index < -0.39 is 0 Å². The van der Waals surface area contributed by atoms with Crippen molar-refractivity contribution >= 4 is 5.82 Å². The Kier molecular flexibility index (Phi) is 4.92. The van der Waals surface area contributed by atoms with Crippen LogP contribution in [0.2, 0.25) is 0 Å². The summed E-state index contributed by atoms with van der Waals surface area (Å²) in [7, 11) is 0. The maximum Gasteiger partial charge on any atom is 0.230 e. The Hall–Kier alpha value is -2.06. The van der Waals surface area contributed by atoms with Crippen LogP contribution in [0.4, 0.5) is 5.82 Å². The van der Waals surface area contributed by atoms with Gasteiger partial charge in [-0.25, -0.2) is 0 Å². The van der Waals surface area contributed by atoms with Gasteiger partial charge in [-0.15, -0.1) is 15.3 Å². The van der Waals surface area contributed by atoms with Gasteiger partial charge in [-0.3, -0.25) is 4.90 Å². The molecule has 0 aliphatic carbocycles. The summed E-state index contributed by atoms with van der Waals surface area (Å²) in [5.74, 6) is 2.11. The highest BCUT2D eigenvalue weighted by molar-refractivity contribution is 5.31. The zero-order valence-electron chi connectivity index (χ0n) is 12.6. The van der Waals surface area contributed by atoms with E-state index in [2.05, 4.69) is 30.6 Å². The highest BCUT2D eigenvalue weighted by Crippen LogP contribution is 2.11. The molecule has 0 radical (unpaired) electrons. The van der Waals surface area contributed by atoms with E-state index in [4.69, 9.17) is 9.15 Å². The number of morpholine rings is 1. The first-order valence-electron chi connectivity index (χ1n) is 7.50. The van der Waals surface area contributed by atoms with Crippen LogP contribution < -0.4 is 5.32 Å². The van der Waals surface area contributed by atoms with Crippen LogP contribution in [0.15, 0.2) is 22.7 Å². The number of hydrogen-bond donors (Lipinski definition) is 1. The lowest BCUT2D eigenvalue weighted by molar-refractivity contribution is -0.0265. The number of hydrogen-bond acceptors (Lipinski definition) is 8. The molecule has 0 aromatic carbocycles. The van der Waals surface area contributed by atoms with Crippen LogP contribution in [0.5, 0.6) is 0 Å². The van der Waals surface area contributed by atoms with Gasteiger partial charge in [0.25, 0.3) is 0 Å². The van der Waals surface area contributed by atoms with Gasteiger partial charge in [0.05, 0.1) is 19.3 Å². The molecule has 0 spiro atoms. The van der Waals surface area contributed by atoms with Gasteiger partial charge < -0.3 is 14.5 Å². The van der Waals surface area contributed by atoms with Crippen LogP contribution in [0, 0.1) is 0 Å². The lowest BCUT2D eigenvalue weighted by Gasteiger charge is -2.32. The number of aryl methyl sites for hydroxylation is 1. The molecule has 0 saturated carbocycles. The third kappa shape index (κ3) is 3.99. The highest BCUT2D eigenvalue weighted by Gasteiger charge is 2.22. The lowest BCUT2D eigenvalue weighted by atomic mass is 10.2. The fourth-order valence-corrected chi connectivity index (χ4v) is 2.35. The van der Waals surface area contributed by atoms with E-state index in [1.807, 2.05) is 19.1 Å². The van der Waals surface area contributed by atoms with E-state index in [1.54, 1.807) is 6.20 Å². The van der Waals surface area contributed by atoms with E-state index in [-0.39, 0.29) is 6.10 Å². The van der Waals surface area contributed by atoms with Crippen LogP contribution in [0.25, 0.3) is 0 Å². The van der Waals surface area contributed by atoms with E-state index in [9.17, 15) is 0 Å². The summed E-state index contributed by atoms with van der Waals surface area (Å²) in [5, 5.41) is 19.1. The van der Waals surface area contributed by atoms with Crippen molar-refractivity contribution in [2.75, 3.05) is 31.6 Å². The molecule has 1 atom stereocenters. The quantitative estimate of drug-likeness (QED) is 0.835. The van der Waals surface area contributed by atoms with Crippen molar-refractivity contribution in [3.8, 4) is 0 Å². The minimum atomic E-state index is 0.101. The largest absolute Gasteiger partial charge is 0.424 e. The number of aromatic nitrogens is 4. The fraction of sp³-hybridized carbons (Fsp3) is 0.571. The fourth-order valence-electron chi connectivity index (χ4n) is 2.35. The number of anilines is 1. The zero-order valence-corrected chi connectivity index (χ0v) is 12.6. The van der Waals surface area contributed by atoms with Crippen molar-refractivity contribution in [1.29, 1.82) is 0 Å². The van der Waals surface area contributed by atoms with Gasteiger partial charge in [0.2, 0.25) is 11.8 Å². The van der Waals surface area contributed by atoms with Crippen molar-refractivity contribution < 1.29 is 9.15 Å². The minimum Gasteiger partial charge on any atom is -0.424 e. The molecular formula is C14H20N6O2. The first kappa shape index (κ1) is 14.9. The van der Waals surface area contributed by atoms with Gasteiger partial charge in [0.15, 0.2) is 0 Å². The number of rotatable bonds is 6. The lowest BCUT2D eigenvalue weighted by Crippen LogP contribution is -2.44. The molecule has 3 rings (SSSR count). The molecular weight excluding hydrogens is 284 g/mol. The van der Waals surface area contributed by atoms with Crippen LogP contribution in [-0.4, -0.2) is 57.6 Å². The van der Waals surface area contributed by atoms with Gasteiger partial charge >= 0.3 is 0 Å².